The van der Waals surface area contributed by atoms with Crippen LogP contribution in [0.15, 0.2) is 42.5 Å². The van der Waals surface area contributed by atoms with Crippen molar-refractivity contribution in [3.8, 4) is 5.75 Å². The molecule has 0 bridgehead atoms. The van der Waals surface area contributed by atoms with Crippen LogP contribution in [0, 0.1) is 0 Å². The molecule has 0 spiro atoms. The molecule has 1 aromatic carbocycles. The molecule has 0 saturated heterocycles. The number of hydrogen-bond acceptors (Lipinski definition) is 1. The maximum Gasteiger partial charge on any atom is 0.116 e. The smallest absolute Gasteiger partial charge is 0.116 e. The molecule has 1 heteroatoms. The number of allylic oxidation sites excluding steroid dienone is 3. The molecule has 1 aromatic rings. The van der Waals surface area contributed by atoms with Gasteiger partial charge in [0.2, 0.25) is 0 Å². The number of phenols is 1. The minimum absolute atomic E-state index is 0.340. The summed E-state index contributed by atoms with van der Waals surface area (Å²) in [6, 6.07) is 7.40. The lowest BCUT2D eigenvalue weighted by Crippen LogP contribution is -1.79. The van der Waals surface area contributed by atoms with E-state index in [1.54, 1.807) is 12.1 Å². The van der Waals surface area contributed by atoms with Crippen molar-refractivity contribution < 1.29 is 5.11 Å². The summed E-state index contributed by atoms with van der Waals surface area (Å²) in [5.74, 6) is 0.340. The van der Waals surface area contributed by atoms with Gasteiger partial charge in [0.1, 0.15) is 5.75 Å². The van der Waals surface area contributed by atoms with Crippen molar-refractivity contribution >= 4 is 6.08 Å². The average Bonchev–Trinajstić information content (AvgIpc) is 2.52. The van der Waals surface area contributed by atoms with E-state index < -0.39 is 0 Å². The highest BCUT2D eigenvalue weighted by Gasteiger charge is 1.91. The van der Waals surface area contributed by atoms with Crippen molar-refractivity contribution in [2.75, 3.05) is 0 Å². The van der Waals surface area contributed by atoms with Gasteiger partial charge in [-0.05, 0) is 49.8 Å². The Balaban J connectivity index is 1.91. The summed E-state index contributed by atoms with van der Waals surface area (Å²) in [6.45, 7) is 2.23. The van der Waals surface area contributed by atoms with E-state index in [1.165, 1.54) is 57.8 Å². The first-order chi connectivity index (χ1) is 10.8. The van der Waals surface area contributed by atoms with E-state index in [0.717, 1.165) is 12.0 Å². The molecule has 0 aliphatic rings. The molecule has 0 radical (unpaired) electrons. The predicted octanol–water partition coefficient (Wildman–Crippen LogP) is 6.88. The summed E-state index contributed by atoms with van der Waals surface area (Å²) in [6.07, 6.45) is 21.9. The normalized spacial score (nSPS) is 11.7. The molecule has 0 heterocycles. The van der Waals surface area contributed by atoms with Crippen LogP contribution in [0.5, 0.6) is 5.75 Å². The molecule has 0 aliphatic heterocycles. The molecule has 0 unspecified atom stereocenters. The lowest BCUT2D eigenvalue weighted by atomic mass is 10.1. The van der Waals surface area contributed by atoms with Gasteiger partial charge >= 0.3 is 0 Å². The Morgan fingerprint density at radius 1 is 0.818 bits per heavy atom. The second-order valence-corrected chi connectivity index (χ2v) is 5.96. The number of phenolic OH excluding ortho intramolecular Hbond substituents is 1. The highest BCUT2D eigenvalue weighted by molar-refractivity contribution is 5.51. The van der Waals surface area contributed by atoms with Crippen molar-refractivity contribution in [2.24, 2.45) is 0 Å². The zero-order chi connectivity index (χ0) is 15.9. The summed E-state index contributed by atoms with van der Waals surface area (Å²) >= 11 is 0. The third-order valence-corrected chi connectivity index (χ3v) is 3.79. The molecule has 0 fully saturated rings. The number of hydrogen-bond donors (Lipinski definition) is 1. The first kappa shape index (κ1) is 18.5. The largest absolute Gasteiger partial charge is 0.508 e. The molecule has 122 valence electrons. The van der Waals surface area contributed by atoms with E-state index in [2.05, 4.69) is 31.2 Å². The van der Waals surface area contributed by atoms with Crippen molar-refractivity contribution in [1.82, 2.24) is 0 Å². The van der Waals surface area contributed by atoms with Gasteiger partial charge in [-0.1, -0.05) is 75.5 Å². The molecule has 0 aliphatic carbocycles. The lowest BCUT2D eigenvalue weighted by Gasteiger charge is -1.99. The number of rotatable bonds is 12. The average molecular weight is 300 g/mol. The fourth-order valence-electron chi connectivity index (χ4n) is 2.48. The van der Waals surface area contributed by atoms with Gasteiger partial charge in [0.15, 0.2) is 0 Å². The van der Waals surface area contributed by atoms with Crippen LogP contribution >= 0.6 is 0 Å². The maximum atomic E-state index is 9.38. The Bertz CT molecular complexity index is 431. The van der Waals surface area contributed by atoms with Gasteiger partial charge in [-0.2, -0.15) is 0 Å². The highest BCUT2D eigenvalue weighted by Crippen LogP contribution is 2.13. The summed E-state index contributed by atoms with van der Waals surface area (Å²) < 4.78 is 0. The van der Waals surface area contributed by atoms with Gasteiger partial charge in [-0.25, -0.2) is 0 Å². The van der Waals surface area contributed by atoms with E-state index in [9.17, 15) is 5.11 Å². The lowest BCUT2D eigenvalue weighted by molar-refractivity contribution is 0.475. The van der Waals surface area contributed by atoms with Gasteiger partial charge in [0, 0.05) is 0 Å². The SMILES string of the molecule is CCC/C=C/CCCCCCCC/C=C/c1cccc(O)c1. The maximum absolute atomic E-state index is 9.38. The Kier molecular flexibility index (Phi) is 11.1. The monoisotopic (exact) mass is 300 g/mol. The van der Waals surface area contributed by atoms with Crippen LogP contribution in [-0.4, -0.2) is 5.11 Å². The fourth-order valence-corrected chi connectivity index (χ4v) is 2.48. The molecule has 1 rings (SSSR count). The summed E-state index contributed by atoms with van der Waals surface area (Å²) in [5.41, 5.74) is 1.08. The molecular weight excluding hydrogens is 268 g/mol. The van der Waals surface area contributed by atoms with E-state index in [-0.39, 0.29) is 0 Å². The van der Waals surface area contributed by atoms with Gasteiger partial charge in [0.05, 0.1) is 0 Å². The van der Waals surface area contributed by atoms with Crippen molar-refractivity contribution in [2.45, 2.75) is 71.1 Å². The van der Waals surface area contributed by atoms with Gasteiger partial charge in [-0.15, -0.1) is 0 Å². The summed E-state index contributed by atoms with van der Waals surface area (Å²) in [7, 11) is 0. The van der Waals surface area contributed by atoms with Crippen molar-refractivity contribution in [3.63, 3.8) is 0 Å². The molecule has 0 atom stereocenters. The highest BCUT2D eigenvalue weighted by atomic mass is 16.3. The Morgan fingerprint density at radius 3 is 2.14 bits per heavy atom. The van der Waals surface area contributed by atoms with E-state index in [1.807, 2.05) is 12.1 Å². The van der Waals surface area contributed by atoms with Crippen molar-refractivity contribution in [1.29, 1.82) is 0 Å². The Morgan fingerprint density at radius 2 is 1.45 bits per heavy atom. The van der Waals surface area contributed by atoms with Crippen LogP contribution < -0.4 is 0 Å². The zero-order valence-corrected chi connectivity index (χ0v) is 14.1. The molecule has 1 nitrogen and oxygen atoms in total. The zero-order valence-electron chi connectivity index (χ0n) is 14.1. The molecule has 22 heavy (non-hydrogen) atoms. The topological polar surface area (TPSA) is 20.2 Å². The van der Waals surface area contributed by atoms with Crippen molar-refractivity contribution in [3.05, 3.63) is 48.1 Å². The second kappa shape index (κ2) is 13.2. The third-order valence-electron chi connectivity index (χ3n) is 3.79. The van der Waals surface area contributed by atoms with Crippen LogP contribution in [0.1, 0.15) is 76.7 Å². The van der Waals surface area contributed by atoms with E-state index in [0.29, 0.717) is 5.75 Å². The Labute approximate surface area is 136 Å². The first-order valence-corrected chi connectivity index (χ1v) is 8.93. The van der Waals surface area contributed by atoms with Crippen LogP contribution in [-0.2, 0) is 0 Å². The van der Waals surface area contributed by atoms with Gasteiger partial charge in [-0.3, -0.25) is 0 Å². The van der Waals surface area contributed by atoms with Gasteiger partial charge < -0.3 is 5.11 Å². The standard InChI is InChI=1S/C21H32O/c1-2-3-4-5-6-7-8-9-10-11-12-13-14-16-20-17-15-18-21(22)19-20/h4-5,14-19,22H,2-3,6-13H2,1H3/b5-4+,16-14+. The summed E-state index contributed by atoms with van der Waals surface area (Å²) in [5, 5.41) is 9.38. The minimum Gasteiger partial charge on any atom is -0.508 e. The molecule has 0 aromatic heterocycles. The van der Waals surface area contributed by atoms with Crippen LogP contribution in [0.4, 0.5) is 0 Å². The fraction of sp³-hybridized carbons (Fsp3) is 0.524. The number of benzene rings is 1. The molecular formula is C21H32O. The first-order valence-electron chi connectivity index (χ1n) is 8.93. The van der Waals surface area contributed by atoms with Crippen LogP contribution in [0.25, 0.3) is 6.08 Å². The van der Waals surface area contributed by atoms with E-state index >= 15 is 0 Å². The Hall–Kier alpha value is -1.50. The molecule has 0 saturated carbocycles. The second-order valence-electron chi connectivity index (χ2n) is 5.96. The quantitative estimate of drug-likeness (QED) is 0.329. The molecule has 1 N–H and O–H groups in total. The van der Waals surface area contributed by atoms with Gasteiger partial charge in [0.25, 0.3) is 0 Å². The van der Waals surface area contributed by atoms with Crippen LogP contribution in [0.2, 0.25) is 0 Å². The van der Waals surface area contributed by atoms with E-state index in [4.69, 9.17) is 0 Å². The summed E-state index contributed by atoms with van der Waals surface area (Å²) in [4.78, 5) is 0. The minimum atomic E-state index is 0.340. The number of aromatic hydroxyl groups is 1. The van der Waals surface area contributed by atoms with Crippen LogP contribution in [0.3, 0.4) is 0 Å². The third kappa shape index (κ3) is 10.3. The number of unbranched alkanes of at least 4 members (excludes halogenated alkanes) is 8. The molecule has 0 amide bonds. The predicted molar refractivity (Wildman–Crippen MR) is 98.1 cm³/mol.